The summed E-state index contributed by atoms with van der Waals surface area (Å²) in [4.78, 5) is 63.7. The molecule has 0 bridgehead atoms. The van der Waals surface area contributed by atoms with E-state index in [-0.39, 0.29) is 30.2 Å². The topological polar surface area (TPSA) is 145 Å². The molecule has 0 aromatic heterocycles. The van der Waals surface area contributed by atoms with Crippen molar-refractivity contribution in [2.24, 2.45) is 5.92 Å². The Kier molecular flexibility index (Phi) is 9.01. The number of carbonyl (C=O) groups is 5. The maximum absolute atomic E-state index is 13.1. The van der Waals surface area contributed by atoms with E-state index in [0.29, 0.717) is 18.6 Å². The first-order valence-corrected chi connectivity index (χ1v) is 13.4. The average molecular weight is 539 g/mol. The molecule has 2 aliphatic rings. The number of carboxylic acid groups (broad SMARTS) is 1. The number of hydrogen-bond acceptors (Lipinski definition) is 6. The molecule has 2 saturated heterocycles. The summed E-state index contributed by atoms with van der Waals surface area (Å²) >= 11 is 1.57. The predicted octanol–water partition coefficient (Wildman–Crippen LogP) is 0.564. The van der Waals surface area contributed by atoms with Crippen LogP contribution < -0.4 is 16.0 Å². The number of carboxylic acids is 1. The lowest BCUT2D eigenvalue weighted by Gasteiger charge is -2.23. The van der Waals surface area contributed by atoms with Gasteiger partial charge < -0.3 is 26.0 Å². The molecule has 0 radical (unpaired) electrons. The minimum Gasteiger partial charge on any atom is -0.480 e. The van der Waals surface area contributed by atoms with Gasteiger partial charge in [0.2, 0.25) is 23.6 Å². The normalized spacial score (nSPS) is 20.9. The van der Waals surface area contributed by atoms with Crippen LogP contribution in [0.1, 0.15) is 17.5 Å². The van der Waals surface area contributed by atoms with E-state index in [1.165, 1.54) is 0 Å². The number of benzene rings is 2. The molecule has 0 saturated carbocycles. The average Bonchev–Trinajstić information content (AvgIpc) is 3.46. The largest absolute Gasteiger partial charge is 0.480 e. The second-order valence-electron chi connectivity index (χ2n) is 9.31. The number of hydrogen-bond donors (Lipinski definition) is 4. The van der Waals surface area contributed by atoms with Crippen molar-refractivity contribution in [3.05, 3.63) is 71.8 Å². The molecule has 11 heteroatoms. The molecule has 10 nitrogen and oxygen atoms in total. The summed E-state index contributed by atoms with van der Waals surface area (Å²) in [5.74, 6) is -2.64. The molecule has 4 rings (SSSR count). The Morgan fingerprint density at radius 2 is 1.61 bits per heavy atom. The lowest BCUT2D eigenvalue weighted by atomic mass is 9.98. The van der Waals surface area contributed by atoms with Crippen molar-refractivity contribution in [1.82, 2.24) is 20.9 Å². The lowest BCUT2D eigenvalue weighted by molar-refractivity contribution is -0.139. The predicted molar refractivity (Wildman–Crippen MR) is 141 cm³/mol. The van der Waals surface area contributed by atoms with E-state index in [9.17, 15) is 24.0 Å². The summed E-state index contributed by atoms with van der Waals surface area (Å²) in [6.07, 6.45) is 1.45. The molecule has 200 valence electrons. The Labute approximate surface area is 224 Å². The minimum absolute atomic E-state index is 0.0496. The van der Waals surface area contributed by atoms with Crippen molar-refractivity contribution in [1.29, 1.82) is 0 Å². The standard InChI is InChI=1S/C27H30N4O6S/c32-22(30-20(25(35)29-15-24(33)34)12-18-9-5-2-6-10-18)14-28-26(36)21-16-38-23-13-19(27(37)31(21)23)11-17-7-3-1-4-8-17/h1-10,19-21,23H,11-16H2,(H,28,36)(H,29,35)(H,30,32)(H,33,34)/t19?,20-,21-,23-/m0/s1. The fourth-order valence-corrected chi connectivity index (χ4v) is 6.24. The summed E-state index contributed by atoms with van der Waals surface area (Å²) in [7, 11) is 0. The first kappa shape index (κ1) is 27.2. The van der Waals surface area contributed by atoms with Gasteiger partial charge in [-0.05, 0) is 24.0 Å². The third-order valence-electron chi connectivity index (χ3n) is 6.58. The quantitative estimate of drug-likeness (QED) is 0.327. The van der Waals surface area contributed by atoms with Gasteiger partial charge in [-0.2, -0.15) is 0 Å². The third kappa shape index (κ3) is 6.91. The van der Waals surface area contributed by atoms with Crippen LogP contribution in [-0.2, 0) is 36.8 Å². The molecule has 2 aromatic carbocycles. The van der Waals surface area contributed by atoms with Crippen molar-refractivity contribution in [3.63, 3.8) is 0 Å². The van der Waals surface area contributed by atoms with Gasteiger partial charge in [-0.15, -0.1) is 11.8 Å². The number of thioether (sulfide) groups is 1. The van der Waals surface area contributed by atoms with Crippen LogP contribution in [0.4, 0.5) is 0 Å². The zero-order valence-corrected chi connectivity index (χ0v) is 21.5. The Morgan fingerprint density at radius 1 is 0.947 bits per heavy atom. The lowest BCUT2D eigenvalue weighted by Crippen LogP contribution is -2.53. The third-order valence-corrected chi connectivity index (χ3v) is 7.89. The van der Waals surface area contributed by atoms with E-state index in [2.05, 4.69) is 16.0 Å². The molecule has 4 atom stereocenters. The monoisotopic (exact) mass is 538 g/mol. The van der Waals surface area contributed by atoms with Gasteiger partial charge >= 0.3 is 5.97 Å². The van der Waals surface area contributed by atoms with Crippen molar-refractivity contribution < 1.29 is 29.1 Å². The van der Waals surface area contributed by atoms with Crippen LogP contribution in [0.5, 0.6) is 0 Å². The van der Waals surface area contributed by atoms with E-state index in [4.69, 9.17) is 5.11 Å². The molecular weight excluding hydrogens is 508 g/mol. The van der Waals surface area contributed by atoms with E-state index in [0.717, 1.165) is 11.1 Å². The van der Waals surface area contributed by atoms with Gasteiger partial charge in [-0.1, -0.05) is 60.7 Å². The van der Waals surface area contributed by atoms with Gasteiger partial charge in [-0.25, -0.2) is 0 Å². The van der Waals surface area contributed by atoms with E-state index < -0.39 is 42.3 Å². The SMILES string of the molecule is O=C(O)CNC(=O)[C@H](Cc1ccccc1)NC(=O)CNC(=O)[C@@H]1CS[C@H]2CC(Cc3ccccc3)C(=O)N21. The number of nitrogens with one attached hydrogen (secondary N) is 3. The second-order valence-corrected chi connectivity index (χ2v) is 10.5. The van der Waals surface area contributed by atoms with Crippen molar-refractivity contribution in [2.75, 3.05) is 18.8 Å². The molecule has 0 aliphatic carbocycles. The highest BCUT2D eigenvalue weighted by Crippen LogP contribution is 2.41. The molecule has 38 heavy (non-hydrogen) atoms. The number of rotatable bonds is 11. The van der Waals surface area contributed by atoms with E-state index in [1.807, 2.05) is 36.4 Å². The molecule has 2 aliphatic heterocycles. The maximum atomic E-state index is 13.1. The van der Waals surface area contributed by atoms with E-state index >= 15 is 0 Å². The first-order chi connectivity index (χ1) is 18.3. The number of fused-ring (bicyclic) bond motifs is 1. The Bertz CT molecular complexity index is 1180. The summed E-state index contributed by atoms with van der Waals surface area (Å²) in [6.45, 7) is -0.954. The summed E-state index contributed by atoms with van der Waals surface area (Å²) < 4.78 is 0. The summed E-state index contributed by atoms with van der Waals surface area (Å²) in [5, 5.41) is 16.3. The van der Waals surface area contributed by atoms with Gasteiger partial charge in [-0.3, -0.25) is 24.0 Å². The Balaban J connectivity index is 1.31. The van der Waals surface area contributed by atoms with Crippen LogP contribution in [0.25, 0.3) is 0 Å². The summed E-state index contributed by atoms with van der Waals surface area (Å²) in [6, 6.07) is 17.1. The highest BCUT2D eigenvalue weighted by molar-refractivity contribution is 8.00. The van der Waals surface area contributed by atoms with Gasteiger partial charge in [0.1, 0.15) is 18.6 Å². The number of nitrogens with zero attached hydrogens (tertiary/aromatic N) is 1. The fraction of sp³-hybridized carbons (Fsp3) is 0.370. The van der Waals surface area contributed by atoms with Crippen LogP contribution in [0.3, 0.4) is 0 Å². The zero-order chi connectivity index (χ0) is 27.1. The number of amides is 4. The van der Waals surface area contributed by atoms with Gasteiger partial charge in [0.15, 0.2) is 0 Å². The Hall–Kier alpha value is -3.86. The number of carbonyl (C=O) groups excluding carboxylic acids is 4. The van der Waals surface area contributed by atoms with Crippen LogP contribution in [0, 0.1) is 5.92 Å². The maximum Gasteiger partial charge on any atom is 0.322 e. The fourth-order valence-electron chi connectivity index (χ4n) is 4.74. The van der Waals surface area contributed by atoms with Crippen molar-refractivity contribution in [2.45, 2.75) is 36.7 Å². The van der Waals surface area contributed by atoms with Crippen LogP contribution >= 0.6 is 11.8 Å². The van der Waals surface area contributed by atoms with Crippen LogP contribution in [-0.4, -0.2) is 75.9 Å². The molecule has 2 heterocycles. The van der Waals surface area contributed by atoms with Gasteiger partial charge in [0, 0.05) is 18.1 Å². The molecule has 1 unspecified atom stereocenters. The Morgan fingerprint density at radius 3 is 2.26 bits per heavy atom. The molecular formula is C27H30N4O6S. The molecule has 4 N–H and O–H groups in total. The molecule has 2 fully saturated rings. The molecule has 4 amide bonds. The second kappa shape index (κ2) is 12.6. The van der Waals surface area contributed by atoms with Crippen molar-refractivity contribution >= 4 is 41.4 Å². The number of aliphatic carboxylic acids is 1. The van der Waals surface area contributed by atoms with Crippen LogP contribution in [0.2, 0.25) is 0 Å². The smallest absolute Gasteiger partial charge is 0.322 e. The first-order valence-electron chi connectivity index (χ1n) is 12.4. The highest BCUT2D eigenvalue weighted by Gasteiger charge is 2.49. The van der Waals surface area contributed by atoms with Gasteiger partial charge in [0.05, 0.1) is 11.9 Å². The van der Waals surface area contributed by atoms with E-state index in [1.54, 1.807) is 40.9 Å². The van der Waals surface area contributed by atoms with Crippen molar-refractivity contribution in [3.8, 4) is 0 Å². The zero-order valence-electron chi connectivity index (χ0n) is 20.7. The molecule has 0 spiro atoms. The van der Waals surface area contributed by atoms with Gasteiger partial charge in [0.25, 0.3) is 0 Å². The minimum atomic E-state index is -1.20. The highest BCUT2D eigenvalue weighted by atomic mass is 32.2. The summed E-state index contributed by atoms with van der Waals surface area (Å²) in [5.41, 5.74) is 1.85. The van der Waals surface area contributed by atoms with Crippen LogP contribution in [0.15, 0.2) is 60.7 Å². The molecule has 2 aromatic rings.